The SMILES string of the molecule is CCCCCCCCCC1C(CCCCCCCCC)C(CCCCCCCCC)C(CCCCCCCCC)C1CCCCCCCCC. The summed E-state index contributed by atoms with van der Waals surface area (Å²) in [6.07, 6.45) is 59.6. The lowest BCUT2D eigenvalue weighted by Gasteiger charge is -2.28. The fourth-order valence-electron chi connectivity index (χ4n) is 10.4. The highest BCUT2D eigenvalue weighted by Gasteiger charge is 2.47. The van der Waals surface area contributed by atoms with E-state index in [1.807, 2.05) is 0 Å². The normalized spacial score (nSPS) is 20.7. The first-order chi connectivity index (χ1) is 24.7. The summed E-state index contributed by atoms with van der Waals surface area (Å²) in [4.78, 5) is 0. The van der Waals surface area contributed by atoms with Crippen LogP contribution in [0, 0.1) is 29.6 Å². The minimum Gasteiger partial charge on any atom is -0.0654 e. The van der Waals surface area contributed by atoms with Gasteiger partial charge in [0, 0.05) is 0 Å². The van der Waals surface area contributed by atoms with Crippen molar-refractivity contribution in [3.63, 3.8) is 0 Å². The molecule has 0 atom stereocenters. The van der Waals surface area contributed by atoms with E-state index in [2.05, 4.69) is 34.6 Å². The molecule has 1 aliphatic carbocycles. The number of unbranched alkanes of at least 4 members (excludes halogenated alkanes) is 30. The van der Waals surface area contributed by atoms with Crippen LogP contribution in [-0.2, 0) is 0 Å². The Morgan fingerprint density at radius 2 is 0.280 bits per heavy atom. The van der Waals surface area contributed by atoms with Gasteiger partial charge >= 0.3 is 0 Å². The van der Waals surface area contributed by atoms with Crippen LogP contribution < -0.4 is 0 Å². The molecule has 0 aliphatic heterocycles. The van der Waals surface area contributed by atoms with Gasteiger partial charge in [-0.2, -0.15) is 0 Å². The Kier molecular flexibility index (Phi) is 35.8. The highest BCUT2D eigenvalue weighted by molar-refractivity contribution is 4.96. The zero-order chi connectivity index (χ0) is 36.2. The predicted octanol–water partition coefficient (Wildman–Crippen LogP) is 18.8. The molecule has 50 heavy (non-hydrogen) atoms. The van der Waals surface area contributed by atoms with Crippen LogP contribution in [0.5, 0.6) is 0 Å². The van der Waals surface area contributed by atoms with Crippen molar-refractivity contribution in [2.75, 3.05) is 0 Å². The smallest absolute Gasteiger partial charge is 0.0352 e. The lowest BCUT2D eigenvalue weighted by molar-refractivity contribution is 0.224. The van der Waals surface area contributed by atoms with E-state index in [-0.39, 0.29) is 0 Å². The number of rotatable bonds is 40. The monoisotopic (exact) mass is 701 g/mol. The second-order valence-corrected chi connectivity index (χ2v) is 17.9. The third-order valence-electron chi connectivity index (χ3n) is 13.5. The molecule has 0 saturated heterocycles. The summed E-state index contributed by atoms with van der Waals surface area (Å²) >= 11 is 0. The van der Waals surface area contributed by atoms with Crippen LogP contribution in [0.25, 0.3) is 0 Å². The zero-order valence-corrected chi connectivity index (χ0v) is 36.2. The minimum atomic E-state index is 1.05. The molecule has 300 valence electrons. The van der Waals surface area contributed by atoms with Gasteiger partial charge < -0.3 is 0 Å². The molecule has 0 bridgehead atoms. The first kappa shape index (κ1) is 48.0. The molecular formula is C50H100. The van der Waals surface area contributed by atoms with E-state index in [1.165, 1.54) is 225 Å². The van der Waals surface area contributed by atoms with E-state index in [9.17, 15) is 0 Å². The van der Waals surface area contributed by atoms with Gasteiger partial charge in [-0.3, -0.25) is 0 Å². The predicted molar refractivity (Wildman–Crippen MR) is 230 cm³/mol. The first-order valence-electron chi connectivity index (χ1n) is 24.7. The quantitative estimate of drug-likeness (QED) is 0.0558. The highest BCUT2D eigenvalue weighted by Crippen LogP contribution is 2.55. The van der Waals surface area contributed by atoms with Gasteiger partial charge in [-0.25, -0.2) is 0 Å². The fourth-order valence-corrected chi connectivity index (χ4v) is 10.4. The van der Waals surface area contributed by atoms with Gasteiger partial charge in [0.1, 0.15) is 0 Å². The van der Waals surface area contributed by atoms with Crippen LogP contribution in [0.3, 0.4) is 0 Å². The molecule has 0 heteroatoms. The molecule has 0 amide bonds. The summed E-state index contributed by atoms with van der Waals surface area (Å²) in [7, 11) is 0. The molecule has 1 saturated carbocycles. The molecule has 0 spiro atoms. The van der Waals surface area contributed by atoms with Gasteiger partial charge in [-0.1, -0.05) is 259 Å². The topological polar surface area (TPSA) is 0 Å². The van der Waals surface area contributed by atoms with Gasteiger partial charge in [0.05, 0.1) is 0 Å². The molecule has 1 rings (SSSR count). The van der Waals surface area contributed by atoms with E-state index in [1.54, 1.807) is 32.1 Å². The Hall–Kier alpha value is 0. The Morgan fingerprint density at radius 3 is 0.420 bits per heavy atom. The summed E-state index contributed by atoms with van der Waals surface area (Å²) in [5.74, 6) is 5.25. The van der Waals surface area contributed by atoms with Crippen molar-refractivity contribution in [3.05, 3.63) is 0 Å². The lowest BCUT2D eigenvalue weighted by Crippen LogP contribution is -2.18. The highest BCUT2D eigenvalue weighted by atomic mass is 14.5. The maximum Gasteiger partial charge on any atom is -0.0352 e. The van der Waals surface area contributed by atoms with Crippen molar-refractivity contribution < 1.29 is 0 Å². The van der Waals surface area contributed by atoms with Gasteiger partial charge in [-0.05, 0) is 61.7 Å². The van der Waals surface area contributed by atoms with E-state index in [4.69, 9.17) is 0 Å². The van der Waals surface area contributed by atoms with Crippen LogP contribution in [0.1, 0.15) is 291 Å². The van der Waals surface area contributed by atoms with Crippen LogP contribution in [0.4, 0.5) is 0 Å². The van der Waals surface area contributed by atoms with Crippen molar-refractivity contribution in [2.45, 2.75) is 291 Å². The molecule has 1 aliphatic rings. The van der Waals surface area contributed by atoms with Crippen LogP contribution in [-0.4, -0.2) is 0 Å². The molecule has 0 radical (unpaired) electrons. The zero-order valence-electron chi connectivity index (χ0n) is 36.2. The average Bonchev–Trinajstić information content (AvgIpc) is 3.39. The van der Waals surface area contributed by atoms with Crippen LogP contribution in [0.2, 0.25) is 0 Å². The molecule has 0 aromatic carbocycles. The molecule has 0 aromatic rings. The molecule has 0 aromatic heterocycles. The summed E-state index contributed by atoms with van der Waals surface area (Å²) in [6.45, 7) is 11.8. The van der Waals surface area contributed by atoms with E-state index >= 15 is 0 Å². The molecule has 0 N–H and O–H groups in total. The Bertz CT molecular complexity index is 498. The summed E-state index contributed by atoms with van der Waals surface area (Å²) in [5.41, 5.74) is 0. The Labute approximate surface area is 320 Å². The van der Waals surface area contributed by atoms with E-state index < -0.39 is 0 Å². The van der Waals surface area contributed by atoms with Crippen molar-refractivity contribution in [3.8, 4) is 0 Å². The number of hydrogen-bond donors (Lipinski definition) is 0. The summed E-state index contributed by atoms with van der Waals surface area (Å²) in [6, 6.07) is 0. The van der Waals surface area contributed by atoms with Crippen LogP contribution in [0.15, 0.2) is 0 Å². The van der Waals surface area contributed by atoms with Gasteiger partial charge in [-0.15, -0.1) is 0 Å². The Morgan fingerprint density at radius 1 is 0.160 bits per heavy atom. The maximum absolute atomic E-state index is 2.36. The molecule has 0 unspecified atom stereocenters. The number of hydrogen-bond acceptors (Lipinski definition) is 0. The Balaban J connectivity index is 3.07. The van der Waals surface area contributed by atoms with Gasteiger partial charge in [0.2, 0.25) is 0 Å². The van der Waals surface area contributed by atoms with Crippen molar-refractivity contribution >= 4 is 0 Å². The molecule has 0 heterocycles. The molecular weight excluding hydrogens is 601 g/mol. The third kappa shape index (κ3) is 25.1. The maximum atomic E-state index is 2.36. The minimum absolute atomic E-state index is 1.05. The van der Waals surface area contributed by atoms with Gasteiger partial charge in [0.15, 0.2) is 0 Å². The molecule has 1 fully saturated rings. The standard InChI is InChI=1S/C50H100/c1-6-11-16-21-26-31-36-41-46-47(42-37-32-27-22-17-12-7-2)49(44-39-34-29-24-19-14-9-4)50(45-40-35-30-25-20-15-10-5)48(46)43-38-33-28-23-18-13-8-3/h46-50H,6-45H2,1-5H3. The largest absolute Gasteiger partial charge is 0.0654 e. The molecule has 0 nitrogen and oxygen atoms in total. The second kappa shape index (κ2) is 37.3. The fraction of sp³-hybridized carbons (Fsp3) is 1.00. The lowest BCUT2D eigenvalue weighted by atomic mass is 9.78. The van der Waals surface area contributed by atoms with E-state index in [0.29, 0.717) is 0 Å². The third-order valence-corrected chi connectivity index (χ3v) is 13.5. The summed E-state index contributed by atoms with van der Waals surface area (Å²) in [5, 5.41) is 0. The van der Waals surface area contributed by atoms with Gasteiger partial charge in [0.25, 0.3) is 0 Å². The van der Waals surface area contributed by atoms with Crippen molar-refractivity contribution in [1.82, 2.24) is 0 Å². The van der Waals surface area contributed by atoms with Crippen molar-refractivity contribution in [1.29, 1.82) is 0 Å². The second-order valence-electron chi connectivity index (χ2n) is 17.9. The van der Waals surface area contributed by atoms with E-state index in [0.717, 1.165) is 29.6 Å². The van der Waals surface area contributed by atoms with Crippen LogP contribution >= 0.6 is 0 Å². The average molecular weight is 701 g/mol. The summed E-state index contributed by atoms with van der Waals surface area (Å²) < 4.78 is 0. The van der Waals surface area contributed by atoms with Crippen molar-refractivity contribution in [2.24, 2.45) is 29.6 Å². The first-order valence-corrected chi connectivity index (χ1v) is 24.7.